The lowest BCUT2D eigenvalue weighted by Gasteiger charge is -2.25. The first kappa shape index (κ1) is 16.0. The second-order valence-electron chi connectivity index (χ2n) is 4.86. The molecule has 1 aromatic carbocycles. The van der Waals surface area contributed by atoms with Gasteiger partial charge < -0.3 is 15.0 Å². The average Bonchev–Trinajstić information content (AvgIpc) is 2.49. The number of nitrogens with one attached hydrogen (secondary N) is 1. The highest BCUT2D eigenvalue weighted by Crippen LogP contribution is 2.22. The number of rotatable bonds is 6. The van der Waals surface area contributed by atoms with Crippen LogP contribution >= 0.6 is 22.6 Å². The van der Waals surface area contributed by atoms with Crippen LogP contribution in [0.4, 0.5) is 5.95 Å². The Morgan fingerprint density at radius 3 is 2.62 bits per heavy atom. The summed E-state index contributed by atoms with van der Waals surface area (Å²) in [5.74, 6) is 1.51. The van der Waals surface area contributed by atoms with Crippen molar-refractivity contribution in [2.75, 3.05) is 33.1 Å². The van der Waals surface area contributed by atoms with E-state index in [9.17, 15) is 0 Å². The minimum Gasteiger partial charge on any atom is -0.497 e. The largest absolute Gasteiger partial charge is 0.497 e. The average molecular weight is 398 g/mol. The van der Waals surface area contributed by atoms with Crippen molar-refractivity contribution in [3.63, 3.8) is 0 Å². The summed E-state index contributed by atoms with van der Waals surface area (Å²) in [6.07, 6.45) is 3.60. The van der Waals surface area contributed by atoms with Crippen molar-refractivity contribution in [3.05, 3.63) is 45.8 Å². The second kappa shape index (κ2) is 7.56. The number of anilines is 1. The molecule has 0 radical (unpaired) electrons. The van der Waals surface area contributed by atoms with Crippen LogP contribution in [0.15, 0.2) is 36.7 Å². The molecule has 2 rings (SSSR count). The van der Waals surface area contributed by atoms with Crippen molar-refractivity contribution >= 4 is 28.5 Å². The summed E-state index contributed by atoms with van der Waals surface area (Å²) >= 11 is 2.19. The Morgan fingerprint density at radius 1 is 1.29 bits per heavy atom. The Hall–Kier alpha value is -1.41. The van der Waals surface area contributed by atoms with E-state index in [1.807, 2.05) is 12.1 Å². The summed E-state index contributed by atoms with van der Waals surface area (Å²) in [5.41, 5.74) is 1.19. The maximum absolute atomic E-state index is 5.30. The first-order valence-electron chi connectivity index (χ1n) is 6.62. The number of hydrogen-bond donors (Lipinski definition) is 1. The van der Waals surface area contributed by atoms with Gasteiger partial charge in [-0.3, -0.25) is 0 Å². The van der Waals surface area contributed by atoms with E-state index in [2.05, 4.69) is 69.0 Å². The zero-order valence-corrected chi connectivity index (χ0v) is 14.5. The van der Waals surface area contributed by atoms with E-state index in [0.29, 0.717) is 5.95 Å². The first-order chi connectivity index (χ1) is 10.1. The number of aromatic nitrogens is 2. The van der Waals surface area contributed by atoms with Crippen LogP contribution in [0.5, 0.6) is 5.75 Å². The number of methoxy groups -OCH3 is 1. The third kappa shape index (κ3) is 4.53. The zero-order chi connectivity index (χ0) is 15.2. The fraction of sp³-hybridized carbons (Fsp3) is 0.333. The third-order valence-corrected chi connectivity index (χ3v) is 3.73. The number of likely N-dealkylation sites (N-methyl/N-ethyl adjacent to an activating group) is 1. The van der Waals surface area contributed by atoms with Gasteiger partial charge in [0.15, 0.2) is 0 Å². The van der Waals surface area contributed by atoms with Gasteiger partial charge in [0.2, 0.25) is 5.95 Å². The summed E-state index contributed by atoms with van der Waals surface area (Å²) in [6, 6.07) is 8.32. The van der Waals surface area contributed by atoms with Crippen LogP contribution in [0.25, 0.3) is 0 Å². The minimum atomic E-state index is 0.211. The summed E-state index contributed by atoms with van der Waals surface area (Å²) in [6.45, 7) is 0.723. The SMILES string of the molecule is COc1cccc(C(CNc2ncc(I)cn2)N(C)C)c1. The zero-order valence-electron chi connectivity index (χ0n) is 12.4. The normalized spacial score (nSPS) is 12.2. The van der Waals surface area contributed by atoms with Crippen LogP contribution in [0.1, 0.15) is 11.6 Å². The topological polar surface area (TPSA) is 50.3 Å². The van der Waals surface area contributed by atoms with E-state index in [-0.39, 0.29) is 6.04 Å². The van der Waals surface area contributed by atoms with Crippen LogP contribution in [0.3, 0.4) is 0 Å². The van der Waals surface area contributed by atoms with E-state index >= 15 is 0 Å². The van der Waals surface area contributed by atoms with E-state index in [1.165, 1.54) is 5.56 Å². The Balaban J connectivity index is 2.10. The molecular formula is C15H19IN4O. The molecule has 1 atom stereocenters. The Bertz CT molecular complexity index is 574. The van der Waals surface area contributed by atoms with E-state index in [4.69, 9.17) is 4.74 Å². The summed E-state index contributed by atoms with van der Waals surface area (Å²) in [4.78, 5) is 10.7. The van der Waals surface area contributed by atoms with Crippen molar-refractivity contribution in [2.45, 2.75) is 6.04 Å². The molecule has 5 nitrogen and oxygen atoms in total. The molecule has 0 aliphatic carbocycles. The molecule has 0 saturated carbocycles. The highest BCUT2D eigenvalue weighted by molar-refractivity contribution is 14.1. The fourth-order valence-corrected chi connectivity index (χ4v) is 2.32. The quantitative estimate of drug-likeness (QED) is 0.759. The van der Waals surface area contributed by atoms with Crippen LogP contribution in [0, 0.1) is 3.57 Å². The van der Waals surface area contributed by atoms with Gasteiger partial charge >= 0.3 is 0 Å². The van der Waals surface area contributed by atoms with Crippen molar-refractivity contribution in [3.8, 4) is 5.75 Å². The molecule has 1 heterocycles. The molecule has 2 aromatic rings. The maximum atomic E-state index is 5.30. The number of ether oxygens (including phenoxy) is 1. The van der Waals surface area contributed by atoms with Crippen molar-refractivity contribution in [1.29, 1.82) is 0 Å². The lowest BCUT2D eigenvalue weighted by Crippen LogP contribution is -2.27. The van der Waals surface area contributed by atoms with Gasteiger partial charge in [0.05, 0.1) is 13.2 Å². The van der Waals surface area contributed by atoms with Crippen LogP contribution < -0.4 is 10.1 Å². The Kier molecular flexibility index (Phi) is 5.75. The summed E-state index contributed by atoms with van der Waals surface area (Å²) in [7, 11) is 5.79. The van der Waals surface area contributed by atoms with Crippen LogP contribution in [0.2, 0.25) is 0 Å². The number of hydrogen-bond acceptors (Lipinski definition) is 5. The molecule has 0 amide bonds. The second-order valence-corrected chi connectivity index (χ2v) is 6.11. The summed E-state index contributed by atoms with van der Waals surface area (Å²) in [5, 5.41) is 3.28. The van der Waals surface area contributed by atoms with Crippen molar-refractivity contribution < 1.29 is 4.74 Å². The number of nitrogens with zero attached hydrogens (tertiary/aromatic N) is 3. The van der Waals surface area contributed by atoms with E-state index in [1.54, 1.807) is 19.5 Å². The molecule has 1 unspecified atom stereocenters. The van der Waals surface area contributed by atoms with Gasteiger partial charge in [-0.05, 0) is 54.4 Å². The van der Waals surface area contributed by atoms with Crippen LogP contribution in [-0.4, -0.2) is 42.6 Å². The van der Waals surface area contributed by atoms with Gasteiger partial charge in [-0.25, -0.2) is 9.97 Å². The van der Waals surface area contributed by atoms with Crippen LogP contribution in [-0.2, 0) is 0 Å². The Labute approximate surface area is 138 Å². The third-order valence-electron chi connectivity index (χ3n) is 3.18. The van der Waals surface area contributed by atoms with E-state index in [0.717, 1.165) is 15.9 Å². The lowest BCUT2D eigenvalue weighted by molar-refractivity contribution is 0.310. The van der Waals surface area contributed by atoms with Gasteiger partial charge in [0.1, 0.15) is 5.75 Å². The lowest BCUT2D eigenvalue weighted by atomic mass is 10.1. The molecule has 0 bridgehead atoms. The Morgan fingerprint density at radius 2 is 2.00 bits per heavy atom. The predicted molar refractivity (Wildman–Crippen MR) is 92.7 cm³/mol. The van der Waals surface area contributed by atoms with Gasteiger partial charge in [-0.1, -0.05) is 12.1 Å². The van der Waals surface area contributed by atoms with Gasteiger partial charge in [0.25, 0.3) is 0 Å². The van der Waals surface area contributed by atoms with Gasteiger partial charge in [-0.15, -0.1) is 0 Å². The monoisotopic (exact) mass is 398 g/mol. The molecule has 6 heteroatoms. The first-order valence-corrected chi connectivity index (χ1v) is 7.70. The molecule has 0 aliphatic rings. The molecule has 1 N–H and O–H groups in total. The highest BCUT2D eigenvalue weighted by atomic mass is 127. The highest BCUT2D eigenvalue weighted by Gasteiger charge is 2.15. The fourth-order valence-electron chi connectivity index (χ4n) is 2.04. The minimum absolute atomic E-state index is 0.211. The van der Waals surface area contributed by atoms with Crippen molar-refractivity contribution in [1.82, 2.24) is 14.9 Å². The molecule has 0 spiro atoms. The number of halogens is 1. The molecule has 1 aromatic heterocycles. The maximum Gasteiger partial charge on any atom is 0.222 e. The standard InChI is InChI=1S/C15H19IN4O/c1-20(2)14(11-5-4-6-13(7-11)21-3)10-19-15-17-8-12(16)9-18-15/h4-9,14H,10H2,1-3H3,(H,17,18,19). The molecule has 0 fully saturated rings. The predicted octanol–water partition coefficient (Wildman–Crippen LogP) is 2.80. The summed E-state index contributed by atoms with van der Waals surface area (Å²) < 4.78 is 6.32. The molecule has 0 aliphatic heterocycles. The van der Waals surface area contributed by atoms with Gasteiger partial charge in [-0.2, -0.15) is 0 Å². The molecule has 21 heavy (non-hydrogen) atoms. The molecular weight excluding hydrogens is 379 g/mol. The number of benzene rings is 1. The van der Waals surface area contributed by atoms with E-state index < -0.39 is 0 Å². The smallest absolute Gasteiger partial charge is 0.222 e. The molecule has 0 saturated heterocycles. The van der Waals surface area contributed by atoms with Crippen molar-refractivity contribution in [2.24, 2.45) is 0 Å². The van der Waals surface area contributed by atoms with Gasteiger partial charge in [0, 0.05) is 22.5 Å². The molecule has 112 valence electrons.